The lowest BCUT2D eigenvalue weighted by molar-refractivity contribution is -0.154. The highest BCUT2D eigenvalue weighted by molar-refractivity contribution is 9.10. The number of nitriles is 2. The minimum absolute atomic E-state index is 0.0367. The first-order chi connectivity index (χ1) is 70.0. The molecule has 8 heterocycles. The van der Waals surface area contributed by atoms with Gasteiger partial charge in [-0.1, -0.05) is 202 Å². The smallest absolute Gasteiger partial charge is 0.226 e. The van der Waals surface area contributed by atoms with Gasteiger partial charge in [0.15, 0.2) is 44.8 Å². The van der Waals surface area contributed by atoms with Gasteiger partial charge in [-0.25, -0.2) is 0 Å². The van der Waals surface area contributed by atoms with Crippen molar-refractivity contribution in [2.24, 2.45) is 23.7 Å². The Bertz CT molecular complexity index is 6600. The summed E-state index contributed by atoms with van der Waals surface area (Å²) >= 11 is 6.97. The summed E-state index contributed by atoms with van der Waals surface area (Å²) in [7, 11) is 5.93. The number of benzene rings is 8. The Balaban J connectivity index is 0.000000134. The van der Waals surface area contributed by atoms with Gasteiger partial charge in [0.05, 0.1) is 170 Å². The molecule has 0 bridgehead atoms. The number of nitrogens with one attached hydrogen (secondary N) is 4. The molecule has 4 aromatic heterocycles. The first-order valence-electron chi connectivity index (χ1n) is 48.5. The van der Waals surface area contributed by atoms with Gasteiger partial charge in [0.1, 0.15) is 52.1 Å². The Hall–Kier alpha value is -12.4. The zero-order valence-electron chi connectivity index (χ0n) is 83.3. The molecular formula is C114H122Br2N10O21. The molecule has 4 saturated carbocycles. The molecule has 4 fully saturated rings. The number of carbonyl (C=O) groups excluding carboxylic acids is 1. The lowest BCUT2D eigenvalue weighted by Gasteiger charge is -2.41. The zero-order chi connectivity index (χ0) is 105. The molecule has 147 heavy (non-hydrogen) atoms. The van der Waals surface area contributed by atoms with Gasteiger partial charge < -0.3 is 120 Å². The first kappa shape index (κ1) is 106. The molecule has 16 N–H and O–H groups in total. The second-order valence-electron chi connectivity index (χ2n) is 41.4. The Kier molecular flexibility index (Phi) is 29.5. The summed E-state index contributed by atoms with van der Waals surface area (Å²) in [6.07, 6.45) is 6.69. The van der Waals surface area contributed by atoms with Gasteiger partial charge in [-0.05, 0) is 148 Å². The number of methoxy groups -OCH3 is 4. The van der Waals surface area contributed by atoms with Crippen LogP contribution in [0.3, 0.4) is 0 Å². The van der Waals surface area contributed by atoms with Crippen molar-refractivity contribution in [3.63, 3.8) is 0 Å². The maximum Gasteiger partial charge on any atom is 0.226 e. The average molecular weight is 2130 g/mol. The van der Waals surface area contributed by atoms with Crippen LogP contribution >= 0.6 is 31.9 Å². The van der Waals surface area contributed by atoms with Crippen LogP contribution in [0, 0.1) is 46.3 Å². The van der Waals surface area contributed by atoms with E-state index in [9.17, 15) is 76.6 Å². The van der Waals surface area contributed by atoms with Crippen LogP contribution in [0.25, 0.3) is 0 Å². The lowest BCUT2D eigenvalue weighted by Crippen LogP contribution is -2.52. The van der Waals surface area contributed by atoms with Crippen LogP contribution in [0.5, 0.6) is 46.0 Å². The molecule has 8 aliphatic rings. The summed E-state index contributed by atoms with van der Waals surface area (Å²) in [6, 6.07) is 71.3. The predicted molar refractivity (Wildman–Crippen MR) is 550 cm³/mol. The Morgan fingerprint density at radius 2 is 0.578 bits per heavy atom. The minimum atomic E-state index is -2.08. The van der Waals surface area contributed by atoms with E-state index in [2.05, 4.69) is 85.2 Å². The molecule has 31 nitrogen and oxygen atoms in total. The molecule has 8 aromatic carbocycles. The number of rotatable bonds is 27. The predicted octanol–water partition coefficient (Wildman–Crippen LogP) is 11.6. The Morgan fingerprint density at radius 1 is 0.347 bits per heavy atom. The molecular weight excluding hydrogens is 2010 g/mol. The number of carbonyl (C=O) groups is 1. The van der Waals surface area contributed by atoms with Crippen molar-refractivity contribution in [3.05, 3.63) is 355 Å². The van der Waals surface area contributed by atoms with Crippen LogP contribution in [0.2, 0.25) is 0 Å². The van der Waals surface area contributed by atoms with Crippen LogP contribution in [0.1, 0.15) is 157 Å². The highest BCUT2D eigenvalue weighted by atomic mass is 79.9. The van der Waals surface area contributed by atoms with E-state index in [4.69, 9.17) is 37.9 Å². The summed E-state index contributed by atoms with van der Waals surface area (Å²) < 4.78 is 50.9. The van der Waals surface area contributed by atoms with E-state index in [1.54, 1.807) is 122 Å². The van der Waals surface area contributed by atoms with Gasteiger partial charge >= 0.3 is 0 Å². The largest absolute Gasteiger partial charge is 0.495 e. The van der Waals surface area contributed by atoms with Gasteiger partial charge in [0.25, 0.3) is 0 Å². The maximum absolute atomic E-state index is 13.8. The monoisotopic (exact) mass is 2120 g/mol. The van der Waals surface area contributed by atoms with Crippen LogP contribution in [-0.2, 0) is 49.6 Å². The summed E-state index contributed by atoms with van der Waals surface area (Å²) in [5, 5.41) is 171. The van der Waals surface area contributed by atoms with E-state index in [0.29, 0.717) is 124 Å². The quantitative estimate of drug-likeness (QED) is 0.0227. The second kappa shape index (κ2) is 40.9. The SMILES string of the molecule is COc1cncc2c1[C@]1(O)[C@H](O)[C@H](C(=O)NCC(C)(C)O)[C@@H](c3ccccc3)[C@]1(c1ccc(Br)cc1)O2.COc1cncc2c1[C@]1(O)[C@H](O)[C@H](CNCC(C)(C)O)[C@@H](c3ccccc3)[C@]1(c1ccc(Br)cc1)O2.COc1cncc2c1[C@]1(O)[C@H](O)[C@H](CNCC(C)(C)O)[C@@H](c3ccccc3)[C@]1(c1ccc(C#N)cc1)O2.COc1cncc2c1[C@]1(O)[C@H](O)[C@H](CNCC(C)(C)O)[C@@H](c3ccccc3)[C@]1(c1ccc(C#N)cc1)O2. The number of hydrogen-bond donors (Lipinski definition) is 16. The van der Waals surface area contributed by atoms with Crippen LogP contribution in [-0.4, -0.2) is 208 Å². The van der Waals surface area contributed by atoms with Crippen molar-refractivity contribution in [1.82, 2.24) is 41.2 Å². The number of fused-ring (bicyclic) bond motifs is 12. The maximum atomic E-state index is 13.8. The molecule has 768 valence electrons. The van der Waals surface area contributed by atoms with Crippen LogP contribution < -0.4 is 59.2 Å². The minimum Gasteiger partial charge on any atom is -0.495 e. The number of nitrogens with zero attached hydrogens (tertiary/aromatic N) is 6. The number of amides is 1. The molecule has 0 saturated heterocycles. The van der Waals surface area contributed by atoms with Crippen LogP contribution in [0.15, 0.2) is 277 Å². The fraction of sp³-hybridized carbons (Fsp3) is 0.377. The fourth-order valence-corrected chi connectivity index (χ4v) is 24.5. The molecule has 0 spiro atoms. The number of aliphatic hydroxyl groups excluding tert-OH is 4. The molecule has 4 aliphatic carbocycles. The number of pyridine rings is 4. The highest BCUT2D eigenvalue weighted by Gasteiger charge is 2.82. The van der Waals surface area contributed by atoms with Crippen molar-refractivity contribution >= 4 is 37.8 Å². The van der Waals surface area contributed by atoms with Gasteiger partial charge in [0.2, 0.25) is 5.91 Å². The summed E-state index contributed by atoms with van der Waals surface area (Å²) in [4.78, 5) is 30.7. The number of aromatic nitrogens is 4. The number of hydrogen-bond acceptors (Lipinski definition) is 30. The van der Waals surface area contributed by atoms with Gasteiger partial charge in [-0.3, -0.25) is 24.7 Å². The van der Waals surface area contributed by atoms with E-state index >= 15 is 0 Å². The fourth-order valence-electron chi connectivity index (χ4n) is 24.0. The van der Waals surface area contributed by atoms with E-state index in [0.717, 1.165) is 31.2 Å². The number of ether oxygens (including phenoxy) is 8. The molecule has 4 aliphatic heterocycles. The molecule has 0 radical (unpaired) electrons. The summed E-state index contributed by atoms with van der Waals surface area (Å²) in [5.74, 6) is -2.95. The normalized spacial score (nSPS) is 28.4. The number of aliphatic hydroxyl groups is 12. The van der Waals surface area contributed by atoms with Gasteiger partial charge in [0, 0.05) is 96.2 Å². The Morgan fingerprint density at radius 3 is 0.816 bits per heavy atom. The summed E-state index contributed by atoms with van der Waals surface area (Å²) in [6.45, 7) is 15.3. The van der Waals surface area contributed by atoms with Crippen molar-refractivity contribution < 1.29 is 104 Å². The van der Waals surface area contributed by atoms with Crippen LogP contribution in [0.4, 0.5) is 0 Å². The molecule has 0 unspecified atom stereocenters. The van der Waals surface area contributed by atoms with Crippen molar-refractivity contribution in [2.45, 2.75) is 171 Å². The van der Waals surface area contributed by atoms with E-state index in [1.165, 1.54) is 71.8 Å². The standard InChI is InChI=1S/2C29H31N3O5.C28H29BrN2O6.C28H31BrN2O5/c2*1-27(2,34)17-32-14-21-24(19-7-5-4-6-8-19)29(20-11-9-18(13-30)10-12-20)28(35,26(21)33)25-22(36-3)15-31-16-23(25)37-29;1-26(2,34)15-31-25(33)21-22(16-7-5-4-6-8-16)28(17-9-11-18(29)12-10-17)27(35,24(21)32)23-19(36-3)13-30-14-20(23)37-28;1-26(2,33)16-31-13-20-23(17-7-5-4-6-8-17)28(18-9-11-19(29)12-10-18)27(34,25(20)32)24-21(35-3)14-30-15-22(24)36-28/h2*4-12,15-16,21,24,26,32-35H,14,17H2,1-3H3;4-14,21-22,24,32,34-35H,15H2,1-3H3,(H,31,33);4-12,14-15,20,23,25,31-34H,13,16H2,1-3H3/t2*21-,24-,26-,28+,29+;21-,22-,24-,27+,28+;20-,23-,25-,27+,28+/m1111/s1. The first-order valence-corrected chi connectivity index (χ1v) is 50.1. The average Bonchev–Trinajstić information content (AvgIpc) is 1.51. The van der Waals surface area contributed by atoms with Gasteiger partial charge in [-0.15, -0.1) is 0 Å². The number of halogens is 2. The zero-order valence-corrected chi connectivity index (χ0v) is 86.4. The third-order valence-electron chi connectivity index (χ3n) is 29.8. The Labute approximate surface area is 869 Å². The second-order valence-corrected chi connectivity index (χ2v) is 43.2. The topological polar surface area (TPSA) is 481 Å². The third-order valence-corrected chi connectivity index (χ3v) is 30.9. The molecule has 20 atom stereocenters. The van der Waals surface area contributed by atoms with E-state index in [1.807, 2.05) is 158 Å². The molecule has 1 amide bonds. The van der Waals surface area contributed by atoms with E-state index in [-0.39, 0.29) is 23.6 Å². The van der Waals surface area contributed by atoms with E-state index < -0.39 is 145 Å². The highest BCUT2D eigenvalue weighted by Crippen LogP contribution is 2.75. The third kappa shape index (κ3) is 18.0. The summed E-state index contributed by atoms with van der Waals surface area (Å²) in [5.41, 5.74) is -9.51. The molecule has 33 heteroatoms. The molecule has 20 rings (SSSR count). The van der Waals surface area contributed by atoms with Crippen molar-refractivity contribution in [1.29, 1.82) is 10.5 Å². The lowest BCUT2D eigenvalue weighted by atomic mass is 9.70. The molecule has 12 aromatic rings. The van der Waals surface area contributed by atoms with Gasteiger partial charge in [-0.2, -0.15) is 10.5 Å². The van der Waals surface area contributed by atoms with Crippen molar-refractivity contribution in [2.75, 3.05) is 74.3 Å². The van der Waals surface area contributed by atoms with Crippen molar-refractivity contribution in [3.8, 4) is 58.1 Å².